The molecule has 0 fully saturated rings. The van der Waals surface area contributed by atoms with Gasteiger partial charge in [0.05, 0.1) is 0 Å². The van der Waals surface area contributed by atoms with Crippen LogP contribution in [0.3, 0.4) is 0 Å². The lowest BCUT2D eigenvalue weighted by Crippen LogP contribution is -2.19. The predicted octanol–water partition coefficient (Wildman–Crippen LogP) is 3.70. The molecular weight excluding hydrogens is 278 g/mol. The highest BCUT2D eigenvalue weighted by molar-refractivity contribution is 7.15. The molecule has 0 aliphatic rings. The Bertz CT molecular complexity index is 496. The number of hydrogen-bond donors (Lipinski definition) is 2. The van der Waals surface area contributed by atoms with Gasteiger partial charge >= 0.3 is 0 Å². The van der Waals surface area contributed by atoms with E-state index in [1.807, 2.05) is 6.20 Å². The van der Waals surface area contributed by atoms with Gasteiger partial charge in [-0.05, 0) is 18.9 Å². The van der Waals surface area contributed by atoms with Gasteiger partial charge in [0.25, 0.3) is 0 Å². The molecule has 1 aromatic carbocycles. The number of aryl methyl sites for hydroxylation is 1. The van der Waals surface area contributed by atoms with E-state index in [1.54, 1.807) is 11.3 Å². The Morgan fingerprint density at radius 3 is 2.53 bits per heavy atom. The van der Waals surface area contributed by atoms with Crippen LogP contribution >= 0.6 is 23.7 Å². The molecule has 1 atom stereocenters. The Morgan fingerprint density at radius 2 is 2.00 bits per heavy atom. The van der Waals surface area contributed by atoms with Crippen molar-refractivity contribution < 1.29 is 0 Å². The number of rotatable bonds is 5. The smallest absolute Gasteiger partial charge is 0.180 e. The number of nitrogens with two attached hydrogens (primary N) is 1. The molecule has 3 N–H and O–H groups in total. The van der Waals surface area contributed by atoms with Gasteiger partial charge in [-0.2, -0.15) is 0 Å². The molecule has 2 aromatic rings. The molecule has 1 unspecified atom stereocenters. The lowest BCUT2D eigenvalue weighted by Gasteiger charge is -2.17. The Balaban J connectivity index is 0.00000180. The molecule has 0 aliphatic heterocycles. The summed E-state index contributed by atoms with van der Waals surface area (Å²) < 4.78 is 0. The maximum Gasteiger partial charge on any atom is 0.180 e. The van der Waals surface area contributed by atoms with Crippen LogP contribution in [0.15, 0.2) is 30.5 Å². The van der Waals surface area contributed by atoms with Crippen molar-refractivity contribution in [3.8, 4) is 0 Å². The summed E-state index contributed by atoms with van der Waals surface area (Å²) in [4.78, 5) is 5.24. The number of hydrogen-bond acceptors (Lipinski definition) is 4. The van der Waals surface area contributed by atoms with Gasteiger partial charge in [0.15, 0.2) is 5.13 Å². The molecule has 1 aromatic heterocycles. The maximum absolute atomic E-state index is 5.62. The average molecular weight is 298 g/mol. The number of anilines is 1. The van der Waals surface area contributed by atoms with E-state index >= 15 is 0 Å². The van der Waals surface area contributed by atoms with Crippen molar-refractivity contribution >= 4 is 28.9 Å². The second kappa shape index (κ2) is 7.48. The summed E-state index contributed by atoms with van der Waals surface area (Å²) in [6.07, 6.45) is 2.91. The molecule has 0 amide bonds. The number of nitrogen functional groups attached to an aromatic ring is 1. The highest BCUT2D eigenvalue weighted by atomic mass is 35.5. The zero-order chi connectivity index (χ0) is 13.0. The number of nitrogens with one attached hydrogen (secondary N) is 1. The monoisotopic (exact) mass is 297 g/mol. The highest BCUT2D eigenvalue weighted by Crippen LogP contribution is 2.20. The van der Waals surface area contributed by atoms with Gasteiger partial charge in [0, 0.05) is 23.7 Å². The van der Waals surface area contributed by atoms with Crippen LogP contribution in [0.25, 0.3) is 0 Å². The zero-order valence-electron chi connectivity index (χ0n) is 11.2. The first kappa shape index (κ1) is 16.0. The molecule has 0 saturated carbocycles. The number of benzene rings is 1. The minimum atomic E-state index is 0. The second-order valence-corrected chi connectivity index (χ2v) is 5.56. The summed E-state index contributed by atoms with van der Waals surface area (Å²) in [5, 5.41) is 4.18. The first-order valence-electron chi connectivity index (χ1n) is 6.19. The lowest BCUT2D eigenvalue weighted by molar-refractivity contribution is 0.521. The molecule has 0 spiro atoms. The van der Waals surface area contributed by atoms with Gasteiger partial charge in [-0.15, -0.1) is 23.7 Å². The number of aromatic nitrogens is 1. The largest absolute Gasteiger partial charge is 0.375 e. The van der Waals surface area contributed by atoms with E-state index < -0.39 is 0 Å². The fourth-order valence-corrected chi connectivity index (χ4v) is 2.56. The number of halogens is 1. The first-order chi connectivity index (χ1) is 8.69. The van der Waals surface area contributed by atoms with E-state index in [4.69, 9.17) is 5.73 Å². The molecule has 0 saturated heterocycles. The fraction of sp³-hybridized carbons (Fsp3) is 0.357. The van der Waals surface area contributed by atoms with Crippen molar-refractivity contribution in [1.29, 1.82) is 0 Å². The molecular formula is C14H20ClN3S. The lowest BCUT2D eigenvalue weighted by atomic mass is 10.0. The van der Waals surface area contributed by atoms with Crippen molar-refractivity contribution in [2.75, 3.05) is 5.73 Å². The Kier molecular flexibility index (Phi) is 6.28. The molecule has 0 aliphatic carbocycles. The van der Waals surface area contributed by atoms with Gasteiger partial charge in [-0.3, -0.25) is 0 Å². The van der Waals surface area contributed by atoms with E-state index in [0.717, 1.165) is 13.0 Å². The number of nitrogens with zero attached hydrogens (tertiary/aromatic N) is 1. The van der Waals surface area contributed by atoms with Crippen molar-refractivity contribution in [3.63, 3.8) is 0 Å². The summed E-state index contributed by atoms with van der Waals surface area (Å²) in [6, 6.07) is 9.08. The number of thiazole rings is 1. The SMILES string of the molecule is CCC(NCc1cnc(N)s1)c1ccc(C)cc1.Cl. The van der Waals surface area contributed by atoms with Crippen molar-refractivity contribution in [2.45, 2.75) is 32.9 Å². The van der Waals surface area contributed by atoms with Crippen LogP contribution < -0.4 is 11.1 Å². The molecule has 5 heteroatoms. The first-order valence-corrected chi connectivity index (χ1v) is 7.01. The third kappa shape index (κ3) is 4.49. The fourth-order valence-electron chi connectivity index (χ4n) is 1.92. The van der Waals surface area contributed by atoms with Crippen LogP contribution in [0.2, 0.25) is 0 Å². The van der Waals surface area contributed by atoms with Crippen LogP contribution in [0.4, 0.5) is 5.13 Å². The van der Waals surface area contributed by atoms with Gasteiger partial charge in [0.2, 0.25) is 0 Å². The van der Waals surface area contributed by atoms with Crippen molar-refractivity contribution in [1.82, 2.24) is 10.3 Å². The van der Waals surface area contributed by atoms with Crippen molar-refractivity contribution in [3.05, 3.63) is 46.5 Å². The van der Waals surface area contributed by atoms with Crippen molar-refractivity contribution in [2.24, 2.45) is 0 Å². The van der Waals surface area contributed by atoms with Crippen LogP contribution in [-0.4, -0.2) is 4.98 Å². The summed E-state index contributed by atoms with van der Waals surface area (Å²) in [5.74, 6) is 0. The van der Waals surface area contributed by atoms with E-state index in [2.05, 4.69) is 48.4 Å². The van der Waals surface area contributed by atoms with E-state index in [9.17, 15) is 0 Å². The third-order valence-corrected chi connectivity index (χ3v) is 3.81. The Morgan fingerprint density at radius 1 is 1.32 bits per heavy atom. The summed E-state index contributed by atoms with van der Waals surface area (Å²) >= 11 is 1.54. The summed E-state index contributed by atoms with van der Waals surface area (Å²) in [6.45, 7) is 5.12. The third-order valence-electron chi connectivity index (χ3n) is 2.98. The molecule has 104 valence electrons. The average Bonchev–Trinajstić information content (AvgIpc) is 2.78. The summed E-state index contributed by atoms with van der Waals surface area (Å²) in [7, 11) is 0. The van der Waals surface area contributed by atoms with Crippen LogP contribution in [-0.2, 0) is 6.54 Å². The zero-order valence-corrected chi connectivity index (χ0v) is 12.9. The van der Waals surface area contributed by atoms with Crippen LogP contribution in [0.5, 0.6) is 0 Å². The van der Waals surface area contributed by atoms with Gasteiger partial charge in [-0.25, -0.2) is 4.98 Å². The second-order valence-electron chi connectivity index (χ2n) is 4.42. The highest BCUT2D eigenvalue weighted by Gasteiger charge is 2.09. The standard InChI is InChI=1S/C14H19N3S.ClH/c1-3-13(11-6-4-10(2)5-7-11)16-8-12-9-17-14(15)18-12;/h4-7,9,13,16H,3,8H2,1-2H3,(H2,15,17);1H. The normalized spacial score (nSPS) is 11.9. The maximum atomic E-state index is 5.62. The molecule has 2 rings (SSSR count). The van der Waals surface area contributed by atoms with Gasteiger partial charge in [-0.1, -0.05) is 36.8 Å². The molecule has 19 heavy (non-hydrogen) atoms. The topological polar surface area (TPSA) is 50.9 Å². The molecule has 0 bridgehead atoms. The van der Waals surface area contributed by atoms with E-state index in [-0.39, 0.29) is 12.4 Å². The van der Waals surface area contributed by atoms with Crippen LogP contribution in [0.1, 0.15) is 35.4 Å². The quantitative estimate of drug-likeness (QED) is 0.885. The molecule has 0 radical (unpaired) electrons. The predicted molar refractivity (Wildman–Crippen MR) is 84.8 cm³/mol. The van der Waals surface area contributed by atoms with E-state index in [0.29, 0.717) is 11.2 Å². The Labute approximate surface area is 124 Å². The van der Waals surface area contributed by atoms with E-state index in [1.165, 1.54) is 16.0 Å². The molecule has 3 nitrogen and oxygen atoms in total. The molecule has 1 heterocycles. The minimum Gasteiger partial charge on any atom is -0.375 e. The van der Waals surface area contributed by atoms with Gasteiger partial charge < -0.3 is 11.1 Å². The minimum absolute atomic E-state index is 0. The van der Waals surface area contributed by atoms with Gasteiger partial charge in [0.1, 0.15) is 0 Å². The Hall–Kier alpha value is -1.10. The summed E-state index contributed by atoms with van der Waals surface area (Å²) in [5.41, 5.74) is 8.25. The van der Waals surface area contributed by atoms with Crippen LogP contribution in [0, 0.1) is 6.92 Å².